The van der Waals surface area contributed by atoms with E-state index in [4.69, 9.17) is 0 Å². The van der Waals surface area contributed by atoms with E-state index < -0.39 is 0 Å². The number of amides is 3. The minimum atomic E-state index is -0.264. The van der Waals surface area contributed by atoms with Crippen molar-refractivity contribution in [2.75, 3.05) is 11.9 Å². The van der Waals surface area contributed by atoms with Crippen LogP contribution in [0.15, 0.2) is 61.2 Å². The third-order valence-electron chi connectivity index (χ3n) is 6.11. The molecule has 2 aromatic carbocycles. The van der Waals surface area contributed by atoms with Crippen LogP contribution in [0.2, 0.25) is 0 Å². The van der Waals surface area contributed by atoms with Gasteiger partial charge in [-0.1, -0.05) is 36.4 Å². The number of aryl methyl sites for hydroxylation is 1. The summed E-state index contributed by atoms with van der Waals surface area (Å²) in [5.41, 5.74) is 5.81. The molecule has 0 bridgehead atoms. The number of benzene rings is 2. The minimum absolute atomic E-state index is 0.165. The quantitative estimate of drug-likeness (QED) is 0.303. The number of rotatable bonds is 7. The second-order valence-corrected chi connectivity index (χ2v) is 8.54. The molecule has 7 heteroatoms. The molecule has 3 aromatic rings. The highest BCUT2D eigenvalue weighted by Gasteiger charge is 2.27. The average molecular weight is 469 g/mol. The number of fused-ring (bicyclic) bond motifs is 1. The summed E-state index contributed by atoms with van der Waals surface area (Å²) in [6, 6.07) is 14.7. The minimum Gasteiger partial charge on any atom is -0.358 e. The van der Waals surface area contributed by atoms with Gasteiger partial charge < -0.3 is 20.9 Å². The van der Waals surface area contributed by atoms with Crippen LogP contribution in [0.5, 0.6) is 0 Å². The average Bonchev–Trinajstić information content (AvgIpc) is 3.32. The van der Waals surface area contributed by atoms with Crippen molar-refractivity contribution in [2.45, 2.75) is 26.8 Å². The van der Waals surface area contributed by atoms with Crippen LogP contribution in [-0.2, 0) is 4.79 Å². The maximum atomic E-state index is 12.9. The third kappa shape index (κ3) is 4.80. The molecular weight excluding hydrogens is 440 g/mol. The molecule has 0 radical (unpaired) electrons. The number of nitrogens with one attached hydrogen (secondary N) is 4. The Morgan fingerprint density at radius 2 is 1.83 bits per heavy atom. The molecule has 7 nitrogen and oxygen atoms in total. The number of aromatic amines is 1. The van der Waals surface area contributed by atoms with Gasteiger partial charge in [0.15, 0.2) is 0 Å². The fraction of sp³-hybridized carbons (Fsp3) is 0.179. The van der Waals surface area contributed by atoms with Gasteiger partial charge in [0.2, 0.25) is 0 Å². The fourth-order valence-corrected chi connectivity index (χ4v) is 4.23. The second-order valence-electron chi connectivity index (χ2n) is 8.54. The van der Waals surface area contributed by atoms with E-state index in [0.717, 1.165) is 11.1 Å². The van der Waals surface area contributed by atoms with E-state index in [1.165, 1.54) is 0 Å². The topological polar surface area (TPSA) is 103 Å². The summed E-state index contributed by atoms with van der Waals surface area (Å²) >= 11 is 0. The van der Waals surface area contributed by atoms with Gasteiger partial charge in [0.1, 0.15) is 0 Å². The molecule has 3 amide bonds. The van der Waals surface area contributed by atoms with Crippen molar-refractivity contribution in [3.8, 4) is 0 Å². The molecule has 1 aliphatic heterocycles. The first-order valence-electron chi connectivity index (χ1n) is 11.4. The van der Waals surface area contributed by atoms with Crippen LogP contribution in [-0.4, -0.2) is 29.3 Å². The number of hydrogen-bond donors (Lipinski definition) is 4. The molecule has 35 heavy (non-hydrogen) atoms. The first-order valence-corrected chi connectivity index (χ1v) is 11.4. The van der Waals surface area contributed by atoms with Crippen LogP contribution in [0.4, 0.5) is 5.69 Å². The lowest BCUT2D eigenvalue weighted by molar-refractivity contribution is -0.110. The standard InChI is InChI=1S/C28H28N4O3/c1-5-13-29-28(35)25-16(2)24(30-18(25)4)15-22-21-14-20(11-12-23(21)32-27(22)34)26(33)31-17(3)19-9-7-6-8-10-19/h5-12,14-15,17,30H,1,13H2,2-4H3,(H,29,35)(H,31,33)(H,32,34)/b22-15-. The second kappa shape index (κ2) is 9.85. The highest BCUT2D eigenvalue weighted by atomic mass is 16.2. The van der Waals surface area contributed by atoms with E-state index in [1.54, 1.807) is 30.4 Å². The molecular formula is C28H28N4O3. The Labute approximate surface area is 204 Å². The van der Waals surface area contributed by atoms with Crippen LogP contribution < -0.4 is 16.0 Å². The van der Waals surface area contributed by atoms with Gasteiger partial charge in [-0.15, -0.1) is 6.58 Å². The maximum Gasteiger partial charge on any atom is 0.256 e. The van der Waals surface area contributed by atoms with Gasteiger partial charge in [-0.25, -0.2) is 0 Å². The summed E-state index contributed by atoms with van der Waals surface area (Å²) in [5.74, 6) is -0.695. The lowest BCUT2D eigenvalue weighted by Gasteiger charge is -2.14. The van der Waals surface area contributed by atoms with Gasteiger partial charge in [-0.2, -0.15) is 0 Å². The van der Waals surface area contributed by atoms with Crippen molar-refractivity contribution in [2.24, 2.45) is 0 Å². The van der Waals surface area contributed by atoms with Gasteiger partial charge in [0.05, 0.1) is 17.2 Å². The Bertz CT molecular complexity index is 1350. The van der Waals surface area contributed by atoms with Gasteiger partial charge in [-0.05, 0) is 56.2 Å². The van der Waals surface area contributed by atoms with Crippen LogP contribution in [0, 0.1) is 13.8 Å². The zero-order valence-corrected chi connectivity index (χ0v) is 20.0. The molecule has 178 valence electrons. The highest BCUT2D eigenvalue weighted by Crippen LogP contribution is 2.35. The summed E-state index contributed by atoms with van der Waals surface area (Å²) in [6.45, 7) is 9.56. The molecule has 0 spiro atoms. The fourth-order valence-electron chi connectivity index (χ4n) is 4.23. The smallest absolute Gasteiger partial charge is 0.256 e. The summed E-state index contributed by atoms with van der Waals surface area (Å²) in [4.78, 5) is 41.5. The van der Waals surface area contributed by atoms with Gasteiger partial charge in [-0.3, -0.25) is 14.4 Å². The van der Waals surface area contributed by atoms with E-state index in [2.05, 4.69) is 27.5 Å². The van der Waals surface area contributed by atoms with Crippen LogP contribution in [0.25, 0.3) is 11.6 Å². The molecule has 0 saturated heterocycles. The number of carbonyl (C=O) groups is 3. The predicted molar refractivity (Wildman–Crippen MR) is 138 cm³/mol. The van der Waals surface area contributed by atoms with E-state index in [0.29, 0.717) is 45.9 Å². The SMILES string of the molecule is C=CCNC(=O)c1c(C)[nH]c(/C=C2\C(=O)Nc3ccc(C(=O)NC(C)c4ccccc4)cc32)c1C. The summed E-state index contributed by atoms with van der Waals surface area (Å²) in [5, 5.41) is 8.64. The summed E-state index contributed by atoms with van der Waals surface area (Å²) < 4.78 is 0. The third-order valence-corrected chi connectivity index (χ3v) is 6.11. The number of anilines is 1. The predicted octanol–water partition coefficient (Wildman–Crippen LogP) is 4.53. The monoisotopic (exact) mass is 468 g/mol. The molecule has 1 unspecified atom stereocenters. The zero-order valence-electron chi connectivity index (χ0n) is 20.0. The molecule has 4 rings (SSSR count). The number of H-pyrrole nitrogens is 1. The van der Waals surface area contributed by atoms with E-state index >= 15 is 0 Å². The van der Waals surface area contributed by atoms with E-state index in [9.17, 15) is 14.4 Å². The molecule has 1 atom stereocenters. The Kier molecular flexibility index (Phi) is 6.68. The van der Waals surface area contributed by atoms with E-state index in [1.807, 2.05) is 51.1 Å². The first-order chi connectivity index (χ1) is 16.8. The molecule has 1 aromatic heterocycles. The first kappa shape index (κ1) is 23.8. The number of carbonyl (C=O) groups excluding carboxylic acids is 3. The Hall–Kier alpha value is -4.39. The maximum absolute atomic E-state index is 12.9. The van der Waals surface area contributed by atoms with Crippen molar-refractivity contribution in [3.05, 3.63) is 100 Å². The highest BCUT2D eigenvalue weighted by molar-refractivity contribution is 6.35. The van der Waals surface area contributed by atoms with Crippen LogP contribution in [0.1, 0.15) is 61.8 Å². The number of hydrogen-bond acceptors (Lipinski definition) is 3. The van der Waals surface area contributed by atoms with Crippen molar-refractivity contribution in [1.82, 2.24) is 15.6 Å². The van der Waals surface area contributed by atoms with Crippen molar-refractivity contribution < 1.29 is 14.4 Å². The Morgan fingerprint density at radius 1 is 1.09 bits per heavy atom. The normalized spacial score (nSPS) is 14.3. The summed E-state index contributed by atoms with van der Waals surface area (Å²) in [7, 11) is 0. The van der Waals surface area contributed by atoms with Gasteiger partial charge in [0.25, 0.3) is 17.7 Å². The van der Waals surface area contributed by atoms with Crippen molar-refractivity contribution in [3.63, 3.8) is 0 Å². The van der Waals surface area contributed by atoms with Crippen molar-refractivity contribution in [1.29, 1.82) is 0 Å². The van der Waals surface area contributed by atoms with E-state index in [-0.39, 0.29) is 23.8 Å². The molecule has 0 saturated carbocycles. The van der Waals surface area contributed by atoms with Gasteiger partial charge >= 0.3 is 0 Å². The lowest BCUT2D eigenvalue weighted by Crippen LogP contribution is -2.26. The lowest BCUT2D eigenvalue weighted by atomic mass is 10.0. The zero-order chi connectivity index (χ0) is 25.1. The van der Waals surface area contributed by atoms with Crippen LogP contribution in [0.3, 0.4) is 0 Å². The number of aromatic nitrogens is 1. The Morgan fingerprint density at radius 3 is 2.54 bits per heavy atom. The van der Waals surface area contributed by atoms with Crippen LogP contribution >= 0.6 is 0 Å². The van der Waals surface area contributed by atoms with Crippen molar-refractivity contribution >= 4 is 35.1 Å². The Balaban J connectivity index is 1.63. The molecule has 0 aliphatic carbocycles. The van der Waals surface area contributed by atoms with Gasteiger partial charge in [0, 0.05) is 34.7 Å². The molecule has 2 heterocycles. The largest absolute Gasteiger partial charge is 0.358 e. The molecule has 0 fully saturated rings. The molecule has 4 N–H and O–H groups in total. The molecule has 1 aliphatic rings. The summed E-state index contributed by atoms with van der Waals surface area (Å²) in [6.07, 6.45) is 3.34.